The van der Waals surface area contributed by atoms with Gasteiger partial charge in [0.05, 0.1) is 13.2 Å². The molecule has 0 fully saturated rings. The highest BCUT2D eigenvalue weighted by Gasteiger charge is 2.07. The molecule has 0 aliphatic rings. The van der Waals surface area contributed by atoms with Gasteiger partial charge in [-0.3, -0.25) is 0 Å². The number of ether oxygens (including phenoxy) is 3. The quantitative estimate of drug-likeness (QED) is 0.590. The van der Waals surface area contributed by atoms with E-state index < -0.39 is 18.0 Å². The van der Waals surface area contributed by atoms with Gasteiger partial charge in [-0.05, 0) is 20.8 Å². The van der Waals surface area contributed by atoms with Crippen LogP contribution in [-0.4, -0.2) is 61.3 Å². The summed E-state index contributed by atoms with van der Waals surface area (Å²) in [6.07, 6.45) is -0.667. The van der Waals surface area contributed by atoms with E-state index in [9.17, 15) is 9.59 Å². The summed E-state index contributed by atoms with van der Waals surface area (Å²) >= 11 is 0. The molecule has 108 valence electrons. The third kappa shape index (κ3) is 17.2. The van der Waals surface area contributed by atoms with Crippen molar-refractivity contribution in [1.82, 2.24) is 0 Å². The van der Waals surface area contributed by atoms with Crippen LogP contribution in [0.15, 0.2) is 0 Å². The molecule has 7 nitrogen and oxygen atoms in total. The van der Waals surface area contributed by atoms with Gasteiger partial charge >= 0.3 is 11.9 Å². The first-order chi connectivity index (χ1) is 8.45. The summed E-state index contributed by atoms with van der Waals surface area (Å²) in [6, 6.07) is 0. The Bertz CT molecular complexity index is 217. The SMILES string of the molecule is CCOC(C)C(=O)O.CCOCCOCC(=O)O. The van der Waals surface area contributed by atoms with Gasteiger partial charge < -0.3 is 24.4 Å². The monoisotopic (exact) mass is 266 g/mol. The van der Waals surface area contributed by atoms with E-state index in [-0.39, 0.29) is 6.61 Å². The predicted molar refractivity (Wildman–Crippen MR) is 63.7 cm³/mol. The summed E-state index contributed by atoms with van der Waals surface area (Å²) < 4.78 is 14.3. The first-order valence-corrected chi connectivity index (χ1v) is 5.67. The summed E-state index contributed by atoms with van der Waals surface area (Å²) in [4.78, 5) is 19.8. The van der Waals surface area contributed by atoms with E-state index in [0.29, 0.717) is 26.4 Å². The molecule has 0 radical (unpaired) electrons. The van der Waals surface area contributed by atoms with Crippen molar-refractivity contribution in [2.45, 2.75) is 26.9 Å². The van der Waals surface area contributed by atoms with Crippen molar-refractivity contribution in [2.75, 3.05) is 33.0 Å². The van der Waals surface area contributed by atoms with Gasteiger partial charge in [0.1, 0.15) is 6.61 Å². The van der Waals surface area contributed by atoms with E-state index in [2.05, 4.69) is 4.74 Å². The molecule has 1 atom stereocenters. The minimum atomic E-state index is -0.948. The van der Waals surface area contributed by atoms with Gasteiger partial charge in [-0.2, -0.15) is 0 Å². The van der Waals surface area contributed by atoms with Gasteiger partial charge in [-0.25, -0.2) is 9.59 Å². The predicted octanol–water partition coefficient (Wildman–Crippen LogP) is 0.620. The van der Waals surface area contributed by atoms with Gasteiger partial charge in [0.15, 0.2) is 6.10 Å². The fourth-order valence-corrected chi connectivity index (χ4v) is 0.743. The third-order valence-electron chi connectivity index (χ3n) is 1.57. The summed E-state index contributed by atoms with van der Waals surface area (Å²) in [5, 5.41) is 16.3. The highest BCUT2D eigenvalue weighted by atomic mass is 16.5. The maximum atomic E-state index is 9.96. The molecule has 0 amide bonds. The van der Waals surface area contributed by atoms with Crippen molar-refractivity contribution in [3.05, 3.63) is 0 Å². The van der Waals surface area contributed by atoms with Crippen LogP contribution in [-0.2, 0) is 23.8 Å². The fourth-order valence-electron chi connectivity index (χ4n) is 0.743. The second kappa shape index (κ2) is 13.9. The number of carbonyl (C=O) groups is 2. The number of hydrogen-bond donors (Lipinski definition) is 2. The molecule has 18 heavy (non-hydrogen) atoms. The number of aliphatic carboxylic acids is 2. The zero-order valence-corrected chi connectivity index (χ0v) is 11.0. The van der Waals surface area contributed by atoms with Crippen molar-refractivity contribution in [2.24, 2.45) is 0 Å². The van der Waals surface area contributed by atoms with Crippen LogP contribution in [0.5, 0.6) is 0 Å². The molecule has 0 aromatic rings. The van der Waals surface area contributed by atoms with E-state index >= 15 is 0 Å². The lowest BCUT2D eigenvalue weighted by Gasteiger charge is -2.03. The van der Waals surface area contributed by atoms with Crippen LogP contribution in [0.2, 0.25) is 0 Å². The molecule has 1 unspecified atom stereocenters. The second-order valence-corrected chi connectivity index (χ2v) is 3.08. The topological polar surface area (TPSA) is 102 Å². The first-order valence-electron chi connectivity index (χ1n) is 5.67. The maximum Gasteiger partial charge on any atom is 0.332 e. The zero-order valence-electron chi connectivity index (χ0n) is 11.0. The molecule has 0 saturated heterocycles. The van der Waals surface area contributed by atoms with Crippen molar-refractivity contribution < 1.29 is 34.0 Å². The molecule has 0 saturated carbocycles. The van der Waals surface area contributed by atoms with Gasteiger partial charge in [-0.15, -0.1) is 0 Å². The van der Waals surface area contributed by atoms with Crippen LogP contribution in [0, 0.1) is 0 Å². The Morgan fingerprint density at radius 3 is 1.94 bits per heavy atom. The average Bonchev–Trinajstić information content (AvgIpc) is 2.29. The van der Waals surface area contributed by atoms with E-state index in [1.54, 1.807) is 6.92 Å². The van der Waals surface area contributed by atoms with Crippen LogP contribution < -0.4 is 0 Å². The van der Waals surface area contributed by atoms with Gasteiger partial charge in [-0.1, -0.05) is 0 Å². The van der Waals surface area contributed by atoms with Crippen molar-refractivity contribution in [3.8, 4) is 0 Å². The Morgan fingerprint density at radius 2 is 1.61 bits per heavy atom. The second-order valence-electron chi connectivity index (χ2n) is 3.08. The van der Waals surface area contributed by atoms with E-state index in [0.717, 1.165) is 0 Å². The van der Waals surface area contributed by atoms with Crippen LogP contribution in [0.1, 0.15) is 20.8 Å². The smallest absolute Gasteiger partial charge is 0.332 e. The number of carboxylic acids is 2. The standard InChI is InChI=1S/C6H12O4.C5H10O3/c1-2-9-3-4-10-5-6(7)8;1-3-8-4(2)5(6)7/h2-5H2,1H3,(H,7,8);4H,3H2,1-2H3,(H,6,7). The molecular formula is C11H22O7. The average molecular weight is 266 g/mol. The van der Waals surface area contributed by atoms with Gasteiger partial charge in [0, 0.05) is 13.2 Å². The van der Waals surface area contributed by atoms with Crippen LogP contribution >= 0.6 is 0 Å². The summed E-state index contributed by atoms with van der Waals surface area (Å²) in [6.45, 7) is 6.80. The van der Waals surface area contributed by atoms with Crippen LogP contribution in [0.25, 0.3) is 0 Å². The van der Waals surface area contributed by atoms with Crippen molar-refractivity contribution in [1.29, 1.82) is 0 Å². The molecular weight excluding hydrogens is 244 g/mol. The van der Waals surface area contributed by atoms with E-state index in [4.69, 9.17) is 19.7 Å². The summed E-state index contributed by atoms with van der Waals surface area (Å²) in [5.74, 6) is -1.86. The molecule has 0 aromatic carbocycles. The third-order valence-corrected chi connectivity index (χ3v) is 1.57. The molecule has 0 aromatic heterocycles. The van der Waals surface area contributed by atoms with E-state index in [1.165, 1.54) is 6.92 Å². The molecule has 0 heterocycles. The Labute approximate surface area is 107 Å². The van der Waals surface area contributed by atoms with Gasteiger partial charge in [0.2, 0.25) is 0 Å². The Hall–Kier alpha value is -1.18. The highest BCUT2D eigenvalue weighted by Crippen LogP contribution is 1.87. The maximum absolute atomic E-state index is 9.96. The molecule has 0 aliphatic heterocycles. The minimum absolute atomic E-state index is 0.243. The van der Waals surface area contributed by atoms with E-state index in [1.807, 2.05) is 6.92 Å². The van der Waals surface area contributed by atoms with Crippen LogP contribution in [0.3, 0.4) is 0 Å². The molecule has 0 aliphatic carbocycles. The molecule has 0 rings (SSSR count). The molecule has 0 bridgehead atoms. The Balaban J connectivity index is 0. The zero-order chi connectivity index (χ0) is 14.4. The minimum Gasteiger partial charge on any atom is -0.480 e. The first kappa shape index (κ1) is 19.2. The molecule has 2 N–H and O–H groups in total. The lowest BCUT2D eigenvalue weighted by Crippen LogP contribution is -2.19. The van der Waals surface area contributed by atoms with Crippen LogP contribution in [0.4, 0.5) is 0 Å². The summed E-state index contributed by atoms with van der Waals surface area (Å²) in [7, 11) is 0. The lowest BCUT2D eigenvalue weighted by molar-refractivity contribution is -0.148. The molecule has 7 heteroatoms. The Kier molecular flexibility index (Phi) is 14.8. The normalized spacial score (nSPS) is 11.3. The highest BCUT2D eigenvalue weighted by molar-refractivity contribution is 5.71. The largest absolute Gasteiger partial charge is 0.480 e. The number of rotatable bonds is 9. The van der Waals surface area contributed by atoms with Crippen molar-refractivity contribution >= 4 is 11.9 Å². The lowest BCUT2D eigenvalue weighted by atomic mass is 10.4. The number of hydrogen-bond acceptors (Lipinski definition) is 5. The Morgan fingerprint density at radius 1 is 1.06 bits per heavy atom. The van der Waals surface area contributed by atoms with Gasteiger partial charge in [0.25, 0.3) is 0 Å². The molecule has 0 spiro atoms. The van der Waals surface area contributed by atoms with Crippen molar-refractivity contribution in [3.63, 3.8) is 0 Å². The summed E-state index contributed by atoms with van der Waals surface area (Å²) in [5.41, 5.74) is 0. The fraction of sp³-hybridized carbons (Fsp3) is 0.818. The number of carboxylic acid groups (broad SMARTS) is 2.